The first-order valence-electron chi connectivity index (χ1n) is 11.0. The average Bonchev–Trinajstić information content (AvgIpc) is 3.18. The maximum absolute atomic E-state index is 13.3. The minimum atomic E-state index is -3.66. The third-order valence-corrected chi connectivity index (χ3v) is 7.92. The van der Waals surface area contributed by atoms with Crippen molar-refractivity contribution in [3.05, 3.63) is 48.0 Å². The van der Waals surface area contributed by atoms with E-state index in [1.54, 1.807) is 40.2 Å². The van der Waals surface area contributed by atoms with E-state index >= 15 is 0 Å². The first-order valence-corrected chi connectivity index (χ1v) is 12.9. The lowest BCUT2D eigenvalue weighted by Gasteiger charge is -2.24. The number of nitrogens with one attached hydrogen (secondary N) is 1. The van der Waals surface area contributed by atoms with Crippen LogP contribution in [-0.2, 0) is 16.4 Å². The van der Waals surface area contributed by atoms with Crippen molar-refractivity contribution in [3.8, 4) is 22.5 Å². The van der Waals surface area contributed by atoms with Gasteiger partial charge in [-0.15, -0.1) is 0 Å². The zero-order valence-electron chi connectivity index (χ0n) is 18.7. The molecule has 1 saturated carbocycles. The maximum Gasteiger partial charge on any atom is 0.256 e. The second kappa shape index (κ2) is 7.13. The summed E-state index contributed by atoms with van der Waals surface area (Å²) in [5, 5.41) is 6.72. The van der Waals surface area contributed by atoms with Crippen LogP contribution in [0.5, 0.6) is 0 Å². The summed E-state index contributed by atoms with van der Waals surface area (Å²) >= 11 is 0. The number of H-pyrrole nitrogens is 1. The number of nitrogen functional groups attached to an aromatic ring is 1. The maximum atomic E-state index is 13.3. The normalized spacial score (nSPS) is 16.9. The Bertz CT molecular complexity index is 1570. The topological polar surface area (TPSA) is 139 Å². The van der Waals surface area contributed by atoms with Gasteiger partial charge < -0.3 is 10.6 Å². The predicted octanol–water partition coefficient (Wildman–Crippen LogP) is 2.53. The number of sulfone groups is 1. The van der Waals surface area contributed by atoms with Crippen molar-refractivity contribution >= 4 is 27.2 Å². The summed E-state index contributed by atoms with van der Waals surface area (Å²) < 4.78 is 27.3. The molecule has 0 spiro atoms. The van der Waals surface area contributed by atoms with Crippen LogP contribution < -0.4 is 5.73 Å². The van der Waals surface area contributed by atoms with E-state index in [0.29, 0.717) is 40.6 Å². The van der Waals surface area contributed by atoms with Gasteiger partial charge in [-0.25, -0.2) is 18.4 Å². The number of rotatable bonds is 5. The van der Waals surface area contributed by atoms with E-state index in [1.165, 1.54) is 0 Å². The fourth-order valence-corrected chi connectivity index (χ4v) is 5.73. The molecule has 0 unspecified atom stereocenters. The van der Waals surface area contributed by atoms with Crippen molar-refractivity contribution in [3.63, 3.8) is 0 Å². The smallest absolute Gasteiger partial charge is 0.256 e. The Morgan fingerprint density at radius 3 is 2.68 bits per heavy atom. The summed E-state index contributed by atoms with van der Waals surface area (Å²) in [5.41, 5.74) is 10.3. The van der Waals surface area contributed by atoms with E-state index in [0.717, 1.165) is 24.7 Å². The van der Waals surface area contributed by atoms with Gasteiger partial charge in [-0.05, 0) is 43.4 Å². The molecule has 10 nitrogen and oxygen atoms in total. The fraction of sp³-hybridized carbons (Fsp3) is 0.304. The Labute approximate surface area is 195 Å². The molecule has 174 valence electrons. The lowest BCUT2D eigenvalue weighted by molar-refractivity contribution is 0.0694. The van der Waals surface area contributed by atoms with Crippen molar-refractivity contribution in [2.45, 2.75) is 37.2 Å². The molecule has 4 aromatic rings. The van der Waals surface area contributed by atoms with Gasteiger partial charge in [-0.3, -0.25) is 14.3 Å². The fourth-order valence-electron chi connectivity index (χ4n) is 4.80. The second-order valence-corrected chi connectivity index (χ2v) is 11.1. The van der Waals surface area contributed by atoms with Gasteiger partial charge in [0, 0.05) is 42.4 Å². The minimum Gasteiger partial charge on any atom is -0.381 e. The molecule has 1 aliphatic carbocycles. The van der Waals surface area contributed by atoms with Crippen LogP contribution in [0.3, 0.4) is 0 Å². The standard InChI is InChI=1S/C23H23N7O3S/c1-12(13-3-4-13)29-10-15-5-14(6-19(34(2,32)33)20(15)23(29)31)18-9-25-22-21(24)28-17(11-30(18)22)16-7-26-27-8-16/h5-9,11-13H,3-4,10H2,1-2H3,(H2,24,28)(H,26,27)/t12-/m0/s1. The summed E-state index contributed by atoms with van der Waals surface area (Å²) in [6.45, 7) is 2.43. The monoisotopic (exact) mass is 477 g/mol. The molecule has 3 aromatic heterocycles. The van der Waals surface area contributed by atoms with Crippen molar-refractivity contribution < 1.29 is 13.2 Å². The summed E-state index contributed by atoms with van der Waals surface area (Å²) in [7, 11) is -3.66. The number of fused-ring (bicyclic) bond motifs is 2. The Kier molecular flexibility index (Phi) is 4.37. The molecule has 3 N–H and O–H groups in total. The lowest BCUT2D eigenvalue weighted by atomic mass is 10.0. The number of carbonyl (C=O) groups is 1. The van der Waals surface area contributed by atoms with Gasteiger partial charge in [0.25, 0.3) is 5.91 Å². The number of carbonyl (C=O) groups excluding carboxylic acids is 1. The third kappa shape index (κ3) is 3.18. The highest BCUT2D eigenvalue weighted by molar-refractivity contribution is 7.90. The lowest BCUT2D eigenvalue weighted by Crippen LogP contribution is -2.35. The van der Waals surface area contributed by atoms with Crippen LogP contribution in [0.1, 0.15) is 35.7 Å². The molecule has 1 aliphatic heterocycles. The summed E-state index contributed by atoms with van der Waals surface area (Å²) in [6.07, 6.45) is 10.1. The van der Waals surface area contributed by atoms with Crippen LogP contribution >= 0.6 is 0 Å². The first kappa shape index (κ1) is 20.8. The van der Waals surface area contributed by atoms with Gasteiger partial charge in [0.15, 0.2) is 21.3 Å². The number of benzene rings is 1. The number of anilines is 1. The van der Waals surface area contributed by atoms with Crippen molar-refractivity contribution in [1.82, 2.24) is 29.5 Å². The quantitative estimate of drug-likeness (QED) is 0.450. The summed E-state index contributed by atoms with van der Waals surface area (Å²) in [5.74, 6) is 0.513. The molecule has 0 radical (unpaired) electrons. The van der Waals surface area contributed by atoms with Gasteiger partial charge >= 0.3 is 0 Å². The molecule has 0 saturated heterocycles. The van der Waals surface area contributed by atoms with E-state index in [4.69, 9.17) is 5.73 Å². The molecule has 34 heavy (non-hydrogen) atoms. The van der Waals surface area contributed by atoms with Crippen LogP contribution in [0.25, 0.3) is 28.2 Å². The number of aromatic nitrogens is 5. The Balaban J connectivity index is 1.53. The molecule has 1 amide bonds. The number of aromatic amines is 1. The molecule has 4 heterocycles. The highest BCUT2D eigenvalue weighted by atomic mass is 32.2. The van der Waals surface area contributed by atoms with E-state index < -0.39 is 9.84 Å². The zero-order valence-corrected chi connectivity index (χ0v) is 19.5. The SMILES string of the molecule is C[C@@H](C1CC1)N1Cc2cc(-c3cnc4c(N)nc(-c5cn[nH]c5)cn34)cc(S(C)(=O)=O)c2C1=O. The first-order chi connectivity index (χ1) is 16.2. The Morgan fingerprint density at radius 2 is 2.00 bits per heavy atom. The summed E-state index contributed by atoms with van der Waals surface area (Å²) in [6, 6.07) is 3.53. The van der Waals surface area contributed by atoms with Crippen molar-refractivity contribution in [1.29, 1.82) is 0 Å². The summed E-state index contributed by atoms with van der Waals surface area (Å²) in [4.78, 5) is 24.0. The molecule has 1 aromatic carbocycles. The molecular weight excluding hydrogens is 454 g/mol. The van der Waals surface area contributed by atoms with Gasteiger partial charge in [-0.2, -0.15) is 5.10 Å². The molecular formula is C23H23N7O3S. The molecule has 6 rings (SSSR count). The number of hydrogen-bond acceptors (Lipinski definition) is 7. The van der Waals surface area contributed by atoms with Gasteiger partial charge in [-0.1, -0.05) is 0 Å². The van der Waals surface area contributed by atoms with Crippen LogP contribution in [0.2, 0.25) is 0 Å². The number of imidazole rings is 1. The van der Waals surface area contributed by atoms with Gasteiger partial charge in [0.2, 0.25) is 0 Å². The van der Waals surface area contributed by atoms with Crippen LogP contribution in [0.15, 0.2) is 41.8 Å². The molecule has 2 aliphatic rings. The Hall–Kier alpha value is -3.73. The van der Waals surface area contributed by atoms with E-state index in [-0.39, 0.29) is 28.2 Å². The van der Waals surface area contributed by atoms with Crippen LogP contribution in [0.4, 0.5) is 5.82 Å². The van der Waals surface area contributed by atoms with E-state index in [2.05, 4.69) is 20.2 Å². The number of nitrogens with two attached hydrogens (primary N) is 1. The van der Waals surface area contributed by atoms with Crippen LogP contribution in [-0.4, -0.2) is 56.1 Å². The predicted molar refractivity (Wildman–Crippen MR) is 126 cm³/mol. The van der Waals surface area contributed by atoms with Crippen LogP contribution in [0, 0.1) is 5.92 Å². The molecule has 1 atom stereocenters. The number of hydrogen-bond donors (Lipinski definition) is 2. The zero-order chi connectivity index (χ0) is 23.8. The third-order valence-electron chi connectivity index (χ3n) is 6.80. The highest BCUT2D eigenvalue weighted by Gasteiger charge is 2.41. The van der Waals surface area contributed by atoms with Crippen molar-refractivity contribution in [2.75, 3.05) is 12.0 Å². The molecule has 1 fully saturated rings. The largest absolute Gasteiger partial charge is 0.381 e. The number of nitrogens with zero attached hydrogens (tertiary/aromatic N) is 5. The average molecular weight is 478 g/mol. The number of amides is 1. The van der Waals surface area contributed by atoms with E-state index in [9.17, 15) is 13.2 Å². The second-order valence-electron chi connectivity index (χ2n) is 9.13. The van der Waals surface area contributed by atoms with Crippen molar-refractivity contribution in [2.24, 2.45) is 5.92 Å². The minimum absolute atomic E-state index is 0.0440. The highest BCUT2D eigenvalue weighted by Crippen LogP contribution is 2.41. The van der Waals surface area contributed by atoms with Gasteiger partial charge in [0.1, 0.15) is 0 Å². The Morgan fingerprint density at radius 1 is 1.21 bits per heavy atom. The molecule has 0 bridgehead atoms. The van der Waals surface area contributed by atoms with E-state index in [1.807, 2.05) is 13.0 Å². The molecule has 11 heteroatoms. The van der Waals surface area contributed by atoms with Gasteiger partial charge in [0.05, 0.1) is 34.2 Å².